The van der Waals surface area contributed by atoms with Gasteiger partial charge in [0.25, 0.3) is 0 Å². The summed E-state index contributed by atoms with van der Waals surface area (Å²) in [5.41, 5.74) is 8.49. The van der Waals surface area contributed by atoms with Gasteiger partial charge < -0.3 is 5.32 Å². The van der Waals surface area contributed by atoms with Gasteiger partial charge in [-0.15, -0.1) is 31.4 Å². The molecule has 1 atom stereocenters. The zero-order chi connectivity index (χ0) is 16.5. The van der Waals surface area contributed by atoms with Crippen LogP contribution in [0.1, 0.15) is 36.1 Å². The Morgan fingerprint density at radius 1 is 1.04 bits per heavy atom. The van der Waals surface area contributed by atoms with Gasteiger partial charge in [0.15, 0.2) is 0 Å². The number of nitrogens with zero attached hydrogens (tertiary/aromatic N) is 1. The van der Waals surface area contributed by atoms with Gasteiger partial charge in [-0.1, -0.05) is 48.0 Å². The van der Waals surface area contributed by atoms with E-state index in [1.54, 1.807) is 0 Å². The van der Waals surface area contributed by atoms with E-state index in [0.717, 1.165) is 39.0 Å². The maximum Gasteiger partial charge on any atom is 0.0386 e. The third kappa shape index (κ3) is 4.15. The summed E-state index contributed by atoms with van der Waals surface area (Å²) in [5.74, 6) is 0. The Balaban J connectivity index is 0.00000121. The maximum atomic E-state index is 4.18. The molecular weight excluding hydrogens is 363 g/mol. The van der Waals surface area contributed by atoms with Gasteiger partial charge >= 0.3 is 0 Å². The molecule has 0 spiro atoms. The van der Waals surface area contributed by atoms with Crippen LogP contribution in [0.25, 0.3) is 11.1 Å². The minimum atomic E-state index is 0. The van der Waals surface area contributed by atoms with Crippen LogP contribution in [-0.2, 0) is 6.42 Å². The number of benzene rings is 2. The molecule has 0 amide bonds. The zero-order valence-corrected chi connectivity index (χ0v) is 17.0. The average molecular weight is 391 g/mol. The van der Waals surface area contributed by atoms with Crippen LogP contribution in [-0.4, -0.2) is 31.1 Å². The molecule has 0 aromatic heterocycles. The molecular formula is C22H28Cl2N2. The Morgan fingerprint density at radius 2 is 1.73 bits per heavy atom. The molecule has 1 heterocycles. The number of halogens is 2. The minimum Gasteiger partial charge on any atom is -0.314 e. The lowest BCUT2D eigenvalue weighted by atomic mass is 9.94. The van der Waals surface area contributed by atoms with Gasteiger partial charge in [0.1, 0.15) is 0 Å². The van der Waals surface area contributed by atoms with Crippen LogP contribution in [0.3, 0.4) is 0 Å². The Labute approximate surface area is 169 Å². The SMILES string of the molecule is C=C(C)C[C@@H](c1ccc2c(c1)Cc1ccccc1-2)N1CCNCC1.Cl.Cl. The number of fused-ring (bicyclic) bond motifs is 3. The Hall–Kier alpha value is -1.32. The van der Waals surface area contributed by atoms with Gasteiger partial charge in [-0.05, 0) is 47.6 Å². The summed E-state index contributed by atoms with van der Waals surface area (Å²) in [6.45, 7) is 10.7. The number of nitrogens with one attached hydrogen (secondary N) is 1. The lowest BCUT2D eigenvalue weighted by Gasteiger charge is -2.35. The van der Waals surface area contributed by atoms with Crippen molar-refractivity contribution in [1.29, 1.82) is 0 Å². The smallest absolute Gasteiger partial charge is 0.0386 e. The molecule has 2 aliphatic rings. The molecule has 1 fully saturated rings. The first-order valence-electron chi connectivity index (χ1n) is 9.02. The highest BCUT2D eigenvalue weighted by molar-refractivity contribution is 5.85. The second-order valence-electron chi connectivity index (χ2n) is 7.21. The summed E-state index contributed by atoms with van der Waals surface area (Å²) >= 11 is 0. The quantitative estimate of drug-likeness (QED) is 0.629. The molecule has 2 nitrogen and oxygen atoms in total. The van der Waals surface area contributed by atoms with Crippen molar-refractivity contribution in [3.8, 4) is 11.1 Å². The fourth-order valence-electron chi connectivity index (χ4n) is 4.15. The summed E-state index contributed by atoms with van der Waals surface area (Å²) < 4.78 is 0. The van der Waals surface area contributed by atoms with Crippen molar-refractivity contribution in [2.75, 3.05) is 26.2 Å². The summed E-state index contributed by atoms with van der Waals surface area (Å²) in [6.07, 6.45) is 2.12. The molecule has 2 aromatic rings. The lowest BCUT2D eigenvalue weighted by molar-refractivity contribution is 0.172. The lowest BCUT2D eigenvalue weighted by Crippen LogP contribution is -2.45. The Morgan fingerprint density at radius 3 is 2.46 bits per heavy atom. The van der Waals surface area contributed by atoms with Crippen molar-refractivity contribution in [2.45, 2.75) is 25.8 Å². The van der Waals surface area contributed by atoms with Crippen molar-refractivity contribution in [3.63, 3.8) is 0 Å². The monoisotopic (exact) mass is 390 g/mol. The Kier molecular flexibility index (Phi) is 7.31. The highest BCUT2D eigenvalue weighted by Gasteiger charge is 2.25. The number of piperazine rings is 1. The van der Waals surface area contributed by atoms with E-state index in [0.29, 0.717) is 6.04 Å². The van der Waals surface area contributed by atoms with E-state index in [1.807, 2.05) is 0 Å². The highest BCUT2D eigenvalue weighted by atomic mass is 35.5. The van der Waals surface area contributed by atoms with Gasteiger partial charge in [-0.2, -0.15) is 0 Å². The normalized spacial score (nSPS) is 16.7. The summed E-state index contributed by atoms with van der Waals surface area (Å²) in [5, 5.41) is 3.46. The predicted molar refractivity (Wildman–Crippen MR) is 116 cm³/mol. The standard InChI is InChI=1S/C22H26N2.2ClH/c1-16(2)13-22(24-11-9-23-10-12-24)18-7-8-21-19(15-18)14-17-5-3-4-6-20(17)21;;/h3-8,15,22-23H,1,9-14H2,2H3;2*1H/t22-;;/m0../s1. The average Bonchev–Trinajstić information content (AvgIpc) is 2.98. The molecule has 4 rings (SSSR count). The summed E-state index contributed by atoms with van der Waals surface area (Å²) in [6, 6.07) is 16.4. The van der Waals surface area contributed by atoms with Gasteiger partial charge in [-0.3, -0.25) is 4.90 Å². The molecule has 140 valence electrons. The molecule has 26 heavy (non-hydrogen) atoms. The van der Waals surface area contributed by atoms with Gasteiger partial charge in [0.05, 0.1) is 0 Å². The molecule has 0 unspecified atom stereocenters. The minimum absolute atomic E-state index is 0. The topological polar surface area (TPSA) is 15.3 Å². The second kappa shape index (κ2) is 9.05. The van der Waals surface area contributed by atoms with Crippen molar-refractivity contribution < 1.29 is 0 Å². The van der Waals surface area contributed by atoms with Crippen LogP contribution >= 0.6 is 24.8 Å². The van der Waals surface area contributed by atoms with Gasteiger partial charge in [0, 0.05) is 32.2 Å². The molecule has 1 N–H and O–H groups in total. The number of hydrogen-bond donors (Lipinski definition) is 1. The van der Waals surface area contributed by atoms with Crippen molar-refractivity contribution in [3.05, 3.63) is 71.3 Å². The van der Waals surface area contributed by atoms with E-state index in [-0.39, 0.29) is 24.8 Å². The predicted octanol–water partition coefficient (Wildman–Crippen LogP) is 5.01. The first kappa shape index (κ1) is 21.0. The van der Waals surface area contributed by atoms with Gasteiger partial charge in [-0.25, -0.2) is 0 Å². The number of rotatable bonds is 4. The molecule has 1 saturated heterocycles. The molecule has 0 saturated carbocycles. The maximum absolute atomic E-state index is 4.18. The largest absolute Gasteiger partial charge is 0.314 e. The first-order valence-corrected chi connectivity index (χ1v) is 9.02. The van der Waals surface area contributed by atoms with Crippen LogP contribution in [0.4, 0.5) is 0 Å². The van der Waals surface area contributed by atoms with Gasteiger partial charge in [0.2, 0.25) is 0 Å². The summed E-state index contributed by atoms with van der Waals surface area (Å²) in [4.78, 5) is 2.62. The third-order valence-corrected chi connectivity index (χ3v) is 5.34. The fraction of sp³-hybridized carbons (Fsp3) is 0.364. The van der Waals surface area contributed by atoms with E-state index >= 15 is 0 Å². The molecule has 4 heteroatoms. The fourth-order valence-corrected chi connectivity index (χ4v) is 4.15. The van der Waals surface area contributed by atoms with E-state index in [4.69, 9.17) is 0 Å². The van der Waals surface area contributed by atoms with Crippen molar-refractivity contribution >= 4 is 24.8 Å². The van der Waals surface area contributed by atoms with Crippen molar-refractivity contribution in [1.82, 2.24) is 10.2 Å². The van der Waals surface area contributed by atoms with Crippen LogP contribution in [0, 0.1) is 0 Å². The van der Waals surface area contributed by atoms with Crippen LogP contribution in [0.2, 0.25) is 0 Å². The van der Waals surface area contributed by atoms with Crippen LogP contribution < -0.4 is 5.32 Å². The Bertz CT molecular complexity index is 766. The van der Waals surface area contributed by atoms with Crippen LogP contribution in [0.5, 0.6) is 0 Å². The van der Waals surface area contributed by atoms with E-state index in [1.165, 1.54) is 33.4 Å². The number of hydrogen-bond acceptors (Lipinski definition) is 2. The molecule has 1 aliphatic heterocycles. The summed E-state index contributed by atoms with van der Waals surface area (Å²) in [7, 11) is 0. The van der Waals surface area contributed by atoms with E-state index in [9.17, 15) is 0 Å². The molecule has 0 bridgehead atoms. The molecule has 2 aromatic carbocycles. The second-order valence-corrected chi connectivity index (χ2v) is 7.21. The zero-order valence-electron chi connectivity index (χ0n) is 15.3. The van der Waals surface area contributed by atoms with E-state index < -0.39 is 0 Å². The van der Waals surface area contributed by atoms with Crippen LogP contribution in [0.15, 0.2) is 54.6 Å². The third-order valence-electron chi connectivity index (χ3n) is 5.34. The first-order chi connectivity index (χ1) is 11.7. The molecule has 1 aliphatic carbocycles. The molecule has 0 radical (unpaired) electrons. The van der Waals surface area contributed by atoms with E-state index in [2.05, 4.69) is 66.2 Å². The van der Waals surface area contributed by atoms with Crippen molar-refractivity contribution in [2.24, 2.45) is 0 Å². The highest BCUT2D eigenvalue weighted by Crippen LogP contribution is 2.39.